The average Bonchev–Trinajstić information content (AvgIpc) is 3.18. The molecule has 31 heavy (non-hydrogen) atoms. The third-order valence-electron chi connectivity index (χ3n) is 4.66. The summed E-state index contributed by atoms with van der Waals surface area (Å²) in [6.07, 6.45) is 7.40. The second-order valence-electron chi connectivity index (χ2n) is 6.84. The van der Waals surface area contributed by atoms with Gasteiger partial charge in [-0.25, -0.2) is 24.9 Å². The number of imidazole rings is 1. The van der Waals surface area contributed by atoms with Gasteiger partial charge >= 0.3 is 5.97 Å². The van der Waals surface area contributed by atoms with Gasteiger partial charge in [0.1, 0.15) is 21.9 Å². The van der Waals surface area contributed by atoms with Gasteiger partial charge in [-0.2, -0.15) is 0 Å². The molecule has 5 rings (SSSR count). The average molecular weight is 452 g/mol. The lowest BCUT2D eigenvalue weighted by Gasteiger charge is -2.19. The highest BCUT2D eigenvalue weighted by molar-refractivity contribution is 7.99. The number of fused-ring (bicyclic) bond motifs is 3. The van der Waals surface area contributed by atoms with Crippen molar-refractivity contribution in [3.63, 3.8) is 0 Å². The van der Waals surface area contributed by atoms with Gasteiger partial charge in [-0.15, -0.1) is 11.8 Å². The molecular weight excluding hydrogens is 434 g/mol. The Morgan fingerprint density at radius 1 is 1.16 bits per heavy atom. The molecule has 11 heteroatoms. The highest BCUT2D eigenvalue weighted by atomic mass is 32.2. The Labute approximate surface area is 185 Å². The van der Waals surface area contributed by atoms with Gasteiger partial charge in [0, 0.05) is 29.5 Å². The van der Waals surface area contributed by atoms with Crippen LogP contribution in [0.2, 0.25) is 0 Å². The monoisotopic (exact) mass is 451 g/mol. The van der Waals surface area contributed by atoms with Gasteiger partial charge in [-0.05, 0) is 24.1 Å². The first kappa shape index (κ1) is 19.8. The summed E-state index contributed by atoms with van der Waals surface area (Å²) in [6, 6.07) is 6.27. The van der Waals surface area contributed by atoms with Crippen LogP contribution in [0.3, 0.4) is 0 Å². The molecule has 0 unspecified atom stereocenters. The van der Waals surface area contributed by atoms with E-state index in [0.717, 1.165) is 43.2 Å². The molecule has 0 atom stereocenters. The lowest BCUT2D eigenvalue weighted by Crippen LogP contribution is -2.05. The zero-order chi connectivity index (χ0) is 21.2. The van der Waals surface area contributed by atoms with Gasteiger partial charge in [0.2, 0.25) is 0 Å². The number of thioether (sulfide) groups is 1. The molecule has 2 N–H and O–H groups in total. The molecular formula is C20H17N7O2S2. The van der Waals surface area contributed by atoms with Crippen LogP contribution in [0.15, 0.2) is 58.2 Å². The molecule has 0 saturated carbocycles. The van der Waals surface area contributed by atoms with Gasteiger partial charge in [-0.3, -0.25) is 4.79 Å². The van der Waals surface area contributed by atoms with E-state index in [1.54, 1.807) is 30.5 Å². The van der Waals surface area contributed by atoms with E-state index in [2.05, 4.69) is 48.4 Å². The Kier molecular flexibility index (Phi) is 5.43. The Bertz CT molecular complexity index is 1280. The van der Waals surface area contributed by atoms with E-state index in [1.807, 2.05) is 4.57 Å². The molecule has 0 aliphatic carbocycles. The molecule has 0 saturated heterocycles. The number of carboxylic acids is 1. The lowest BCUT2D eigenvalue weighted by atomic mass is 10.2. The number of anilines is 2. The SMILES string of the molecule is O=C(O)CCCSc1ncnc2c1ncn2Cc1ccc2c(c1)Nc1nccnc1S2. The molecule has 0 bridgehead atoms. The second kappa shape index (κ2) is 8.52. The van der Waals surface area contributed by atoms with Crippen molar-refractivity contribution in [3.8, 4) is 0 Å². The fourth-order valence-corrected chi connectivity index (χ4v) is 5.01. The second-order valence-corrected chi connectivity index (χ2v) is 8.95. The van der Waals surface area contributed by atoms with E-state index in [0.29, 0.717) is 18.7 Å². The standard InChI is InChI=1S/C20H17N7O2S2/c28-15(29)2-1-7-30-19-16-18(23-10-24-19)27(11-25-16)9-12-3-4-14-13(8-12)26-17-20(31-14)22-6-5-21-17/h3-6,8,10-11H,1-2,7,9H2,(H,21,26)(H,28,29). The molecule has 0 spiro atoms. The number of hydrogen-bond donors (Lipinski definition) is 2. The third-order valence-corrected chi connectivity index (χ3v) is 6.80. The van der Waals surface area contributed by atoms with Crippen molar-refractivity contribution < 1.29 is 9.90 Å². The quantitative estimate of drug-likeness (QED) is 0.215. The number of benzene rings is 1. The van der Waals surface area contributed by atoms with Crippen molar-refractivity contribution in [2.75, 3.05) is 11.1 Å². The maximum Gasteiger partial charge on any atom is 0.303 e. The van der Waals surface area contributed by atoms with Crippen molar-refractivity contribution in [2.24, 2.45) is 0 Å². The summed E-state index contributed by atoms with van der Waals surface area (Å²) in [5, 5.41) is 13.8. The molecule has 4 heterocycles. The van der Waals surface area contributed by atoms with Gasteiger partial charge in [0.25, 0.3) is 0 Å². The van der Waals surface area contributed by atoms with Crippen LogP contribution in [0, 0.1) is 0 Å². The van der Waals surface area contributed by atoms with E-state index < -0.39 is 5.97 Å². The zero-order valence-corrected chi connectivity index (χ0v) is 17.9. The van der Waals surface area contributed by atoms with Gasteiger partial charge in [-0.1, -0.05) is 17.8 Å². The Morgan fingerprint density at radius 2 is 2.06 bits per heavy atom. The largest absolute Gasteiger partial charge is 0.481 e. The summed E-state index contributed by atoms with van der Waals surface area (Å²) in [5.41, 5.74) is 3.60. The van der Waals surface area contributed by atoms with Gasteiger partial charge in [0.05, 0.1) is 18.6 Å². The Hall–Kier alpha value is -3.18. The predicted molar refractivity (Wildman–Crippen MR) is 118 cm³/mol. The third kappa shape index (κ3) is 4.19. The van der Waals surface area contributed by atoms with Crippen LogP contribution in [-0.4, -0.2) is 46.3 Å². The highest BCUT2D eigenvalue weighted by Gasteiger charge is 2.18. The minimum absolute atomic E-state index is 0.149. The highest BCUT2D eigenvalue weighted by Crippen LogP contribution is 2.42. The number of rotatable bonds is 7. The predicted octanol–water partition coefficient (Wildman–Crippen LogP) is 3.83. The van der Waals surface area contributed by atoms with Crippen molar-refractivity contribution in [2.45, 2.75) is 34.3 Å². The molecule has 1 aliphatic heterocycles. The van der Waals surface area contributed by atoms with Crippen LogP contribution in [-0.2, 0) is 11.3 Å². The van der Waals surface area contributed by atoms with Crippen LogP contribution in [0.25, 0.3) is 11.2 Å². The number of carbonyl (C=O) groups is 1. The van der Waals surface area contributed by atoms with E-state index in [9.17, 15) is 4.79 Å². The van der Waals surface area contributed by atoms with E-state index in [-0.39, 0.29) is 6.42 Å². The number of nitrogens with zero attached hydrogens (tertiary/aromatic N) is 6. The van der Waals surface area contributed by atoms with E-state index in [1.165, 1.54) is 18.1 Å². The first-order valence-corrected chi connectivity index (χ1v) is 11.4. The number of carboxylic acid groups (broad SMARTS) is 1. The summed E-state index contributed by atoms with van der Waals surface area (Å²) < 4.78 is 1.99. The van der Waals surface area contributed by atoms with Crippen molar-refractivity contribution in [3.05, 3.63) is 48.8 Å². The Balaban J connectivity index is 1.34. The summed E-state index contributed by atoms with van der Waals surface area (Å²) in [7, 11) is 0. The number of aliphatic carboxylic acids is 1. The van der Waals surface area contributed by atoms with Crippen LogP contribution in [0.1, 0.15) is 18.4 Å². The molecule has 3 aromatic heterocycles. The normalized spacial score (nSPS) is 12.3. The number of nitrogens with one attached hydrogen (secondary N) is 1. The molecule has 1 aliphatic rings. The van der Waals surface area contributed by atoms with Gasteiger partial charge < -0.3 is 15.0 Å². The van der Waals surface area contributed by atoms with E-state index in [4.69, 9.17) is 5.11 Å². The van der Waals surface area contributed by atoms with Crippen molar-refractivity contribution in [1.82, 2.24) is 29.5 Å². The number of hydrogen-bond acceptors (Lipinski definition) is 9. The molecule has 1 aromatic carbocycles. The fraction of sp³-hybridized carbons (Fsp3) is 0.200. The molecule has 0 amide bonds. The smallest absolute Gasteiger partial charge is 0.303 e. The summed E-state index contributed by atoms with van der Waals surface area (Å²) >= 11 is 3.11. The summed E-state index contributed by atoms with van der Waals surface area (Å²) in [5.74, 6) is 0.651. The first-order valence-electron chi connectivity index (χ1n) is 9.56. The minimum atomic E-state index is -0.786. The van der Waals surface area contributed by atoms with Crippen molar-refractivity contribution in [1.29, 1.82) is 0 Å². The molecule has 9 nitrogen and oxygen atoms in total. The van der Waals surface area contributed by atoms with Crippen LogP contribution in [0.5, 0.6) is 0 Å². The maximum atomic E-state index is 10.7. The molecule has 4 aromatic rings. The van der Waals surface area contributed by atoms with E-state index >= 15 is 0 Å². The number of aromatic nitrogens is 6. The van der Waals surface area contributed by atoms with Crippen LogP contribution in [0.4, 0.5) is 11.5 Å². The minimum Gasteiger partial charge on any atom is -0.481 e. The first-order chi connectivity index (χ1) is 15.2. The topological polar surface area (TPSA) is 119 Å². The maximum absolute atomic E-state index is 10.7. The lowest BCUT2D eigenvalue weighted by molar-refractivity contribution is -0.137. The van der Waals surface area contributed by atoms with Crippen LogP contribution < -0.4 is 5.32 Å². The summed E-state index contributed by atoms with van der Waals surface area (Å²) in [6.45, 7) is 0.615. The molecule has 156 valence electrons. The Morgan fingerprint density at radius 3 is 2.97 bits per heavy atom. The molecule has 0 radical (unpaired) electrons. The van der Waals surface area contributed by atoms with Crippen LogP contribution >= 0.6 is 23.5 Å². The van der Waals surface area contributed by atoms with Crippen molar-refractivity contribution >= 4 is 52.2 Å². The fourth-order valence-electron chi connectivity index (χ4n) is 3.25. The summed E-state index contributed by atoms with van der Waals surface area (Å²) in [4.78, 5) is 33.8. The zero-order valence-electron chi connectivity index (χ0n) is 16.2. The molecule has 0 fully saturated rings. The van der Waals surface area contributed by atoms with Gasteiger partial charge in [0.15, 0.2) is 11.5 Å².